The highest BCUT2D eigenvalue weighted by Gasteiger charge is 2.15. The predicted molar refractivity (Wildman–Crippen MR) is 99.1 cm³/mol. The number of urea groups is 1. The van der Waals surface area contributed by atoms with Crippen LogP contribution in [0.5, 0.6) is 11.5 Å². The van der Waals surface area contributed by atoms with Crippen LogP contribution in [-0.4, -0.2) is 55.2 Å². The second kappa shape index (κ2) is 8.94. The number of hydrogen-bond donors (Lipinski definition) is 2. The van der Waals surface area contributed by atoms with Gasteiger partial charge < -0.3 is 25.0 Å². The molecule has 0 aliphatic heterocycles. The molecule has 2 rings (SSSR count). The number of nitrogens with zero attached hydrogens (tertiary/aromatic N) is 2. The predicted octanol–water partition coefficient (Wildman–Crippen LogP) is 3.00. The van der Waals surface area contributed by atoms with Gasteiger partial charge in [-0.15, -0.1) is 0 Å². The van der Waals surface area contributed by atoms with E-state index in [1.807, 2.05) is 43.3 Å². The SMILES string of the molecule is COc1cccc(NC(=O)N(CCN(C)C)Cc2cccc(O)c2)c1. The lowest BCUT2D eigenvalue weighted by Gasteiger charge is -2.25. The van der Waals surface area contributed by atoms with Crippen molar-refractivity contribution in [2.24, 2.45) is 0 Å². The van der Waals surface area contributed by atoms with Crippen LogP contribution in [0, 0.1) is 0 Å². The molecule has 2 amide bonds. The zero-order chi connectivity index (χ0) is 18.2. The Hall–Kier alpha value is -2.73. The Morgan fingerprint density at radius 3 is 2.56 bits per heavy atom. The van der Waals surface area contributed by atoms with Gasteiger partial charge in [0.05, 0.1) is 7.11 Å². The minimum Gasteiger partial charge on any atom is -0.508 e. The number of amides is 2. The first-order chi connectivity index (χ1) is 12.0. The smallest absolute Gasteiger partial charge is 0.322 e. The van der Waals surface area contributed by atoms with E-state index in [1.165, 1.54) is 0 Å². The van der Waals surface area contributed by atoms with Gasteiger partial charge in [0, 0.05) is 31.4 Å². The Labute approximate surface area is 148 Å². The number of phenolic OH excluding ortho intramolecular Hbond substituents is 1. The van der Waals surface area contributed by atoms with Gasteiger partial charge >= 0.3 is 6.03 Å². The molecule has 0 bridgehead atoms. The maximum Gasteiger partial charge on any atom is 0.322 e. The fraction of sp³-hybridized carbons (Fsp3) is 0.316. The van der Waals surface area contributed by atoms with Gasteiger partial charge in [0.25, 0.3) is 0 Å². The molecule has 0 spiro atoms. The lowest BCUT2D eigenvalue weighted by atomic mass is 10.2. The standard InChI is InChI=1S/C19H25N3O3/c1-21(2)10-11-22(14-15-6-4-8-17(23)12-15)19(24)20-16-7-5-9-18(13-16)25-3/h4-9,12-13,23H,10-11,14H2,1-3H3,(H,20,24). The summed E-state index contributed by atoms with van der Waals surface area (Å²) in [6.07, 6.45) is 0. The van der Waals surface area contributed by atoms with Crippen LogP contribution in [0.25, 0.3) is 0 Å². The van der Waals surface area contributed by atoms with E-state index in [0.29, 0.717) is 24.5 Å². The van der Waals surface area contributed by atoms with Crippen LogP contribution in [0.1, 0.15) is 5.56 Å². The van der Waals surface area contributed by atoms with Crippen molar-refractivity contribution in [3.05, 3.63) is 54.1 Å². The fourth-order valence-electron chi connectivity index (χ4n) is 2.35. The number of anilines is 1. The van der Waals surface area contributed by atoms with Crippen molar-refractivity contribution >= 4 is 11.7 Å². The lowest BCUT2D eigenvalue weighted by molar-refractivity contribution is 0.202. The average molecular weight is 343 g/mol. The number of methoxy groups -OCH3 is 1. The Balaban J connectivity index is 2.11. The highest BCUT2D eigenvalue weighted by molar-refractivity contribution is 5.89. The Kier molecular flexibility index (Phi) is 6.65. The molecule has 6 nitrogen and oxygen atoms in total. The number of aromatic hydroxyl groups is 1. The number of benzene rings is 2. The normalized spacial score (nSPS) is 10.6. The van der Waals surface area contributed by atoms with Gasteiger partial charge in [0.1, 0.15) is 11.5 Å². The summed E-state index contributed by atoms with van der Waals surface area (Å²) in [5.41, 5.74) is 1.55. The quantitative estimate of drug-likeness (QED) is 0.811. The number of rotatable bonds is 7. The minimum absolute atomic E-state index is 0.193. The first-order valence-corrected chi connectivity index (χ1v) is 8.10. The van der Waals surface area contributed by atoms with Crippen LogP contribution in [0.3, 0.4) is 0 Å². The van der Waals surface area contributed by atoms with Crippen molar-refractivity contribution in [1.82, 2.24) is 9.80 Å². The number of phenols is 1. The van der Waals surface area contributed by atoms with Gasteiger partial charge in [0.2, 0.25) is 0 Å². The molecule has 0 fully saturated rings. The molecule has 0 atom stereocenters. The summed E-state index contributed by atoms with van der Waals surface area (Å²) >= 11 is 0. The van der Waals surface area contributed by atoms with Crippen molar-refractivity contribution in [3.8, 4) is 11.5 Å². The van der Waals surface area contributed by atoms with Crippen LogP contribution < -0.4 is 10.1 Å². The summed E-state index contributed by atoms with van der Waals surface area (Å²) in [7, 11) is 5.52. The molecule has 2 aromatic rings. The highest BCUT2D eigenvalue weighted by atomic mass is 16.5. The summed E-state index contributed by atoms with van der Waals surface area (Å²) in [5, 5.41) is 12.5. The topological polar surface area (TPSA) is 65.0 Å². The monoisotopic (exact) mass is 343 g/mol. The van der Waals surface area contributed by atoms with Crippen molar-refractivity contribution in [2.45, 2.75) is 6.54 Å². The first kappa shape index (κ1) is 18.6. The number of hydrogen-bond acceptors (Lipinski definition) is 4. The number of ether oxygens (including phenoxy) is 1. The van der Waals surface area contributed by atoms with E-state index in [0.717, 1.165) is 12.1 Å². The van der Waals surface area contributed by atoms with Crippen molar-refractivity contribution < 1.29 is 14.6 Å². The van der Waals surface area contributed by atoms with Crippen LogP contribution in [-0.2, 0) is 6.54 Å². The maximum atomic E-state index is 12.7. The zero-order valence-corrected chi connectivity index (χ0v) is 14.9. The van der Waals surface area contributed by atoms with E-state index in [2.05, 4.69) is 5.32 Å². The van der Waals surface area contributed by atoms with Gasteiger partial charge in [0.15, 0.2) is 0 Å². The number of carbonyl (C=O) groups is 1. The van der Waals surface area contributed by atoms with E-state index in [4.69, 9.17) is 4.74 Å². The third-order valence-electron chi connectivity index (χ3n) is 3.71. The summed E-state index contributed by atoms with van der Waals surface area (Å²) in [6.45, 7) is 1.72. The van der Waals surface area contributed by atoms with Crippen LogP contribution in [0.2, 0.25) is 0 Å². The van der Waals surface area contributed by atoms with Crippen LogP contribution >= 0.6 is 0 Å². The molecule has 2 aromatic carbocycles. The van der Waals surface area contributed by atoms with E-state index < -0.39 is 0 Å². The molecule has 0 heterocycles. The number of carbonyl (C=O) groups excluding carboxylic acids is 1. The summed E-state index contributed by atoms with van der Waals surface area (Å²) in [4.78, 5) is 16.4. The molecule has 0 saturated carbocycles. The number of nitrogens with one attached hydrogen (secondary N) is 1. The fourth-order valence-corrected chi connectivity index (χ4v) is 2.35. The summed E-state index contributed by atoms with van der Waals surface area (Å²) in [5.74, 6) is 0.879. The molecule has 0 radical (unpaired) electrons. The molecular formula is C19H25N3O3. The zero-order valence-electron chi connectivity index (χ0n) is 14.9. The summed E-state index contributed by atoms with van der Waals surface area (Å²) in [6, 6.07) is 14.0. The van der Waals surface area contributed by atoms with Crippen molar-refractivity contribution in [1.29, 1.82) is 0 Å². The molecule has 25 heavy (non-hydrogen) atoms. The van der Waals surface area contributed by atoms with Crippen LogP contribution in [0.15, 0.2) is 48.5 Å². The molecule has 0 aliphatic carbocycles. The van der Waals surface area contributed by atoms with Gasteiger partial charge in [-0.2, -0.15) is 0 Å². The number of likely N-dealkylation sites (N-methyl/N-ethyl adjacent to an activating group) is 1. The second-order valence-corrected chi connectivity index (χ2v) is 6.06. The van der Waals surface area contributed by atoms with Crippen molar-refractivity contribution in [3.63, 3.8) is 0 Å². The first-order valence-electron chi connectivity index (χ1n) is 8.10. The molecule has 0 aliphatic rings. The maximum absolute atomic E-state index is 12.7. The molecule has 6 heteroatoms. The molecule has 2 N–H and O–H groups in total. The van der Waals surface area contributed by atoms with Crippen molar-refractivity contribution in [2.75, 3.05) is 39.6 Å². The Morgan fingerprint density at radius 1 is 1.12 bits per heavy atom. The van der Waals surface area contributed by atoms with Gasteiger partial charge in [-0.25, -0.2) is 4.79 Å². The summed E-state index contributed by atoms with van der Waals surface area (Å²) < 4.78 is 5.19. The molecule has 0 aromatic heterocycles. The second-order valence-electron chi connectivity index (χ2n) is 6.06. The third-order valence-corrected chi connectivity index (χ3v) is 3.71. The lowest BCUT2D eigenvalue weighted by Crippen LogP contribution is -2.39. The molecule has 134 valence electrons. The van der Waals surface area contributed by atoms with E-state index >= 15 is 0 Å². The molecule has 0 unspecified atom stereocenters. The van der Waals surface area contributed by atoms with E-state index in [1.54, 1.807) is 36.3 Å². The highest BCUT2D eigenvalue weighted by Crippen LogP contribution is 2.18. The van der Waals surface area contributed by atoms with Crippen LogP contribution in [0.4, 0.5) is 10.5 Å². The minimum atomic E-state index is -0.196. The Bertz CT molecular complexity index is 704. The van der Waals surface area contributed by atoms with Gasteiger partial charge in [-0.05, 0) is 43.9 Å². The molecular weight excluding hydrogens is 318 g/mol. The Morgan fingerprint density at radius 2 is 1.88 bits per heavy atom. The van der Waals surface area contributed by atoms with E-state index in [-0.39, 0.29) is 11.8 Å². The third kappa shape index (κ3) is 6.00. The van der Waals surface area contributed by atoms with Gasteiger partial charge in [-0.3, -0.25) is 0 Å². The van der Waals surface area contributed by atoms with E-state index in [9.17, 15) is 9.90 Å². The average Bonchev–Trinajstić information content (AvgIpc) is 2.58. The molecule has 0 saturated heterocycles. The van der Waals surface area contributed by atoms with Gasteiger partial charge in [-0.1, -0.05) is 18.2 Å². The largest absolute Gasteiger partial charge is 0.508 e.